The predicted octanol–water partition coefficient (Wildman–Crippen LogP) is 11.3. The SMILES string of the molecule is [2H]c1c([2H])c(-c2ccc3ccccc3c2)c([2H])c(-c2c3ccccc3c(-c3ccc4ccccc4c3)c3ccccc23)c1[2H]. The van der Waals surface area contributed by atoms with Gasteiger partial charge in [0.25, 0.3) is 0 Å². The Bertz CT molecular complexity index is 2380. The Morgan fingerprint density at radius 1 is 0.350 bits per heavy atom. The lowest BCUT2D eigenvalue weighted by atomic mass is 9.85. The zero-order valence-corrected chi connectivity index (χ0v) is 21.7. The summed E-state index contributed by atoms with van der Waals surface area (Å²) in [5, 5.41) is 8.28. The van der Waals surface area contributed by atoms with Crippen molar-refractivity contribution in [3.8, 4) is 33.4 Å². The van der Waals surface area contributed by atoms with E-state index >= 15 is 0 Å². The van der Waals surface area contributed by atoms with Crippen LogP contribution in [0.25, 0.3) is 76.5 Å². The minimum Gasteiger partial charge on any atom is -0.0616 e. The first-order chi connectivity index (χ1) is 21.5. The molecule has 0 spiro atoms. The summed E-state index contributed by atoms with van der Waals surface area (Å²) in [7, 11) is 0. The zero-order valence-electron chi connectivity index (χ0n) is 25.7. The molecule has 40 heavy (non-hydrogen) atoms. The fourth-order valence-electron chi connectivity index (χ4n) is 6.01. The van der Waals surface area contributed by atoms with E-state index in [-0.39, 0.29) is 24.2 Å². The summed E-state index contributed by atoms with van der Waals surface area (Å²) in [4.78, 5) is 0. The molecule has 0 heteroatoms. The molecule has 0 aliphatic carbocycles. The van der Waals surface area contributed by atoms with Crippen LogP contribution in [0.2, 0.25) is 0 Å². The van der Waals surface area contributed by atoms with Crippen LogP contribution in [0, 0.1) is 0 Å². The van der Waals surface area contributed by atoms with Gasteiger partial charge in [-0.05, 0) is 94.6 Å². The smallest absolute Gasteiger partial charge is 0.0616 e. The van der Waals surface area contributed by atoms with Crippen LogP contribution >= 0.6 is 0 Å². The standard InChI is InChI=1S/C40H26/c1-3-12-29-24-32(22-20-27(29)10-1)31-14-9-15-33(26-31)39-35-16-5-7-18-37(35)40(38-19-8-6-17-36(38)39)34-23-21-28-11-2-4-13-30(28)25-34/h1-26H/i9D,14D,15D,26D. The van der Waals surface area contributed by atoms with E-state index in [0.29, 0.717) is 16.7 Å². The molecule has 8 rings (SSSR count). The summed E-state index contributed by atoms with van der Waals surface area (Å²) in [6.07, 6.45) is 0. The molecule has 0 heterocycles. The molecule has 0 saturated heterocycles. The normalized spacial score (nSPS) is 12.9. The summed E-state index contributed by atoms with van der Waals surface area (Å²) in [6.45, 7) is 0. The lowest BCUT2D eigenvalue weighted by Crippen LogP contribution is -1.91. The molecule has 0 aliphatic rings. The lowest BCUT2D eigenvalue weighted by molar-refractivity contribution is 1.63. The van der Waals surface area contributed by atoms with Crippen molar-refractivity contribution in [1.82, 2.24) is 0 Å². The second-order valence-corrected chi connectivity index (χ2v) is 10.2. The van der Waals surface area contributed by atoms with E-state index in [4.69, 9.17) is 4.11 Å². The molecule has 0 amide bonds. The Labute approximate surface area is 239 Å². The monoisotopic (exact) mass is 510 g/mol. The van der Waals surface area contributed by atoms with Gasteiger partial charge in [0, 0.05) is 0 Å². The molecule has 0 aliphatic heterocycles. The summed E-state index contributed by atoms with van der Waals surface area (Å²) < 4.78 is 36.5. The van der Waals surface area contributed by atoms with Crippen molar-refractivity contribution in [1.29, 1.82) is 0 Å². The lowest BCUT2D eigenvalue weighted by Gasteiger charge is -2.18. The summed E-state index contributed by atoms with van der Waals surface area (Å²) in [6, 6.07) is 44.8. The van der Waals surface area contributed by atoms with E-state index in [9.17, 15) is 1.37 Å². The van der Waals surface area contributed by atoms with Crippen molar-refractivity contribution >= 4 is 43.1 Å². The molecule has 0 atom stereocenters. The van der Waals surface area contributed by atoms with Crippen LogP contribution in [0.5, 0.6) is 0 Å². The Morgan fingerprint density at radius 2 is 0.775 bits per heavy atom. The highest BCUT2D eigenvalue weighted by atomic mass is 14.2. The van der Waals surface area contributed by atoms with Crippen LogP contribution in [0.3, 0.4) is 0 Å². The maximum Gasteiger partial charge on any atom is 0.0636 e. The van der Waals surface area contributed by atoms with Crippen LogP contribution in [0.4, 0.5) is 0 Å². The van der Waals surface area contributed by atoms with Crippen LogP contribution in [-0.4, -0.2) is 0 Å². The summed E-state index contributed by atoms with van der Waals surface area (Å²) in [5.74, 6) is 0. The molecule has 186 valence electrons. The van der Waals surface area contributed by atoms with Crippen molar-refractivity contribution in [3.05, 3.63) is 158 Å². The quantitative estimate of drug-likeness (QED) is 0.207. The maximum absolute atomic E-state index is 9.54. The van der Waals surface area contributed by atoms with E-state index in [2.05, 4.69) is 60.7 Å². The van der Waals surface area contributed by atoms with Crippen LogP contribution < -0.4 is 0 Å². The fourth-order valence-corrected chi connectivity index (χ4v) is 6.01. The Hall–Kier alpha value is -5.20. The number of hydrogen-bond acceptors (Lipinski definition) is 0. The van der Waals surface area contributed by atoms with Gasteiger partial charge in [-0.1, -0.05) is 139 Å². The molecular weight excluding hydrogens is 480 g/mol. The fraction of sp³-hybridized carbons (Fsp3) is 0. The minimum atomic E-state index is -0.175. The van der Waals surface area contributed by atoms with E-state index < -0.39 is 0 Å². The largest absolute Gasteiger partial charge is 0.0636 e. The molecule has 8 aromatic rings. The van der Waals surface area contributed by atoms with E-state index in [1.54, 1.807) is 0 Å². The van der Waals surface area contributed by atoms with Crippen LogP contribution in [0.15, 0.2) is 158 Å². The van der Waals surface area contributed by atoms with Crippen molar-refractivity contribution in [2.45, 2.75) is 0 Å². The van der Waals surface area contributed by atoms with Gasteiger partial charge in [0.15, 0.2) is 0 Å². The number of rotatable bonds is 3. The van der Waals surface area contributed by atoms with Crippen LogP contribution in [0.1, 0.15) is 5.48 Å². The van der Waals surface area contributed by atoms with Crippen molar-refractivity contribution in [2.75, 3.05) is 0 Å². The van der Waals surface area contributed by atoms with Gasteiger partial charge in [0.05, 0.1) is 5.48 Å². The third kappa shape index (κ3) is 3.69. The van der Waals surface area contributed by atoms with Gasteiger partial charge in [-0.2, -0.15) is 0 Å². The first-order valence-corrected chi connectivity index (χ1v) is 13.5. The average molecular weight is 511 g/mol. The van der Waals surface area contributed by atoms with Gasteiger partial charge < -0.3 is 0 Å². The second-order valence-electron chi connectivity index (χ2n) is 10.2. The number of hydrogen-bond donors (Lipinski definition) is 0. The summed E-state index contributed by atoms with van der Waals surface area (Å²) in [5.41, 5.74) is 4.41. The Balaban J connectivity index is 1.48. The minimum absolute atomic E-state index is 0.0968. The molecule has 0 aromatic heterocycles. The molecular formula is C40H26. The van der Waals surface area contributed by atoms with Gasteiger partial charge in [0.2, 0.25) is 0 Å². The number of benzene rings is 8. The van der Waals surface area contributed by atoms with Gasteiger partial charge in [-0.25, -0.2) is 0 Å². The molecule has 0 nitrogen and oxygen atoms in total. The zero-order chi connectivity index (χ0) is 29.9. The van der Waals surface area contributed by atoms with Gasteiger partial charge >= 0.3 is 0 Å². The third-order valence-electron chi connectivity index (χ3n) is 7.88. The van der Waals surface area contributed by atoms with Crippen molar-refractivity contribution in [2.24, 2.45) is 0 Å². The highest BCUT2D eigenvalue weighted by Crippen LogP contribution is 2.44. The molecule has 0 fully saturated rings. The molecule has 0 bridgehead atoms. The first kappa shape index (κ1) is 19.0. The Kier molecular flexibility index (Phi) is 4.37. The highest BCUT2D eigenvalue weighted by molar-refractivity contribution is 6.21. The second kappa shape index (κ2) is 9.22. The topological polar surface area (TPSA) is 0 Å². The van der Waals surface area contributed by atoms with Crippen molar-refractivity contribution in [3.63, 3.8) is 0 Å². The molecule has 0 saturated carbocycles. The van der Waals surface area contributed by atoms with Gasteiger partial charge in [0.1, 0.15) is 0 Å². The Morgan fingerprint density at radius 3 is 1.35 bits per heavy atom. The average Bonchev–Trinajstić information content (AvgIpc) is 3.07. The van der Waals surface area contributed by atoms with Gasteiger partial charge in [-0.3, -0.25) is 0 Å². The number of fused-ring (bicyclic) bond motifs is 4. The summed E-state index contributed by atoms with van der Waals surface area (Å²) >= 11 is 0. The van der Waals surface area contributed by atoms with E-state index in [1.165, 1.54) is 5.39 Å². The van der Waals surface area contributed by atoms with Crippen LogP contribution in [-0.2, 0) is 0 Å². The molecule has 0 radical (unpaired) electrons. The molecule has 8 aromatic carbocycles. The van der Waals surface area contributed by atoms with Crippen molar-refractivity contribution < 1.29 is 5.48 Å². The maximum atomic E-state index is 9.54. The van der Waals surface area contributed by atoms with E-state index in [1.807, 2.05) is 72.8 Å². The first-order valence-electron chi connectivity index (χ1n) is 15.5. The molecule has 0 unspecified atom stereocenters. The van der Waals surface area contributed by atoms with Gasteiger partial charge in [-0.15, -0.1) is 0 Å². The van der Waals surface area contributed by atoms with E-state index in [0.717, 1.165) is 54.4 Å². The predicted molar refractivity (Wildman–Crippen MR) is 173 cm³/mol. The third-order valence-corrected chi connectivity index (χ3v) is 7.88. The highest BCUT2D eigenvalue weighted by Gasteiger charge is 2.17. The molecule has 0 N–H and O–H groups in total.